The second kappa shape index (κ2) is 7.49. The Bertz CT molecular complexity index is 590. The number of hydrogen-bond donors (Lipinski definition) is 1. The predicted molar refractivity (Wildman–Crippen MR) is 99.1 cm³/mol. The van der Waals surface area contributed by atoms with Gasteiger partial charge >= 0.3 is 0 Å². The Morgan fingerprint density at radius 3 is 2.50 bits per heavy atom. The van der Waals surface area contributed by atoms with Gasteiger partial charge in [-0.05, 0) is 37.2 Å². The molecule has 2 fully saturated rings. The average Bonchev–Trinajstić information content (AvgIpc) is 3.21. The minimum absolute atomic E-state index is 0.133. The largest absolute Gasteiger partial charge is 0.389 e. The highest BCUT2D eigenvalue weighted by Gasteiger charge is 2.38. The molecule has 0 radical (unpaired) electrons. The molecule has 2 unspecified atom stereocenters. The van der Waals surface area contributed by atoms with Gasteiger partial charge in [-0.1, -0.05) is 50.7 Å². The number of benzene rings is 1. The Morgan fingerprint density at radius 1 is 1.25 bits per heavy atom. The zero-order valence-electron chi connectivity index (χ0n) is 14.2. The molecule has 2 aliphatic carbocycles. The number of nitro benzene ring substituents is 1. The molecule has 0 spiro atoms. The summed E-state index contributed by atoms with van der Waals surface area (Å²) in [5, 5.41) is 21.8. The van der Waals surface area contributed by atoms with E-state index in [2.05, 4.69) is 9.24 Å². The van der Waals surface area contributed by atoms with Crippen LogP contribution in [0, 0.1) is 21.4 Å². The van der Waals surface area contributed by atoms with Crippen LogP contribution < -0.4 is 0 Å². The number of nitro groups is 1. The van der Waals surface area contributed by atoms with E-state index in [-0.39, 0.29) is 16.0 Å². The van der Waals surface area contributed by atoms with Crippen LogP contribution >= 0.6 is 9.24 Å². The van der Waals surface area contributed by atoms with Crippen molar-refractivity contribution in [1.29, 1.82) is 0 Å². The summed E-state index contributed by atoms with van der Waals surface area (Å²) in [4.78, 5) is 11.3. The predicted octanol–water partition coefficient (Wildman–Crippen LogP) is 4.62. The number of rotatable bonds is 6. The van der Waals surface area contributed by atoms with Gasteiger partial charge in [0, 0.05) is 17.0 Å². The summed E-state index contributed by atoms with van der Waals surface area (Å²) in [5.74, 6) is 0.154. The summed E-state index contributed by atoms with van der Waals surface area (Å²) < 4.78 is 0. The van der Waals surface area contributed by atoms with Crippen molar-refractivity contribution in [3.05, 3.63) is 39.4 Å². The van der Waals surface area contributed by atoms with E-state index in [1.165, 1.54) is 25.7 Å². The molecule has 0 saturated heterocycles. The van der Waals surface area contributed by atoms with Crippen molar-refractivity contribution in [2.45, 2.75) is 70.1 Å². The van der Waals surface area contributed by atoms with Crippen LogP contribution in [-0.4, -0.2) is 15.9 Å². The van der Waals surface area contributed by atoms with E-state index in [0.29, 0.717) is 5.92 Å². The summed E-state index contributed by atoms with van der Waals surface area (Å²) in [5.41, 5.74) is 2.00. The summed E-state index contributed by atoms with van der Waals surface area (Å²) >= 11 is 0. The molecule has 132 valence electrons. The number of hydrogen-bond acceptors (Lipinski definition) is 3. The standard InChI is InChI=1S/C19H28NO3P/c21-18(24)19(9-3-4-10-19)13-15-7-8-16(17(12-15)20(22)23)11-14-5-1-2-6-14/h7-8,12,14,18,21H,1-6,9-11,13,24H2. The van der Waals surface area contributed by atoms with E-state index in [4.69, 9.17) is 0 Å². The summed E-state index contributed by atoms with van der Waals surface area (Å²) in [7, 11) is 2.53. The van der Waals surface area contributed by atoms with Crippen LogP contribution in [0.4, 0.5) is 5.69 Å². The maximum absolute atomic E-state index is 11.6. The van der Waals surface area contributed by atoms with Gasteiger partial charge in [-0.15, -0.1) is 9.24 Å². The fraction of sp³-hybridized carbons (Fsp3) is 0.684. The highest BCUT2D eigenvalue weighted by atomic mass is 31.0. The second-order valence-corrected chi connectivity index (χ2v) is 8.40. The molecule has 1 N–H and O–H groups in total. The molecule has 2 atom stereocenters. The highest BCUT2D eigenvalue weighted by molar-refractivity contribution is 7.17. The SMILES string of the molecule is O=[N+]([O-])c1cc(CC2(C(O)P)CCCC2)ccc1CC1CCCC1. The molecule has 0 heterocycles. The molecule has 4 nitrogen and oxygen atoms in total. The Balaban J connectivity index is 1.81. The Labute approximate surface area is 146 Å². The fourth-order valence-electron chi connectivity index (χ4n) is 4.65. The molecule has 5 heteroatoms. The van der Waals surface area contributed by atoms with Crippen molar-refractivity contribution < 1.29 is 10.0 Å². The van der Waals surface area contributed by atoms with Gasteiger partial charge in [-0.3, -0.25) is 10.1 Å². The van der Waals surface area contributed by atoms with E-state index in [1.54, 1.807) is 6.07 Å². The molecular weight excluding hydrogens is 321 g/mol. The number of aliphatic hydroxyl groups excluding tert-OH is 1. The number of aliphatic hydroxyl groups is 1. The molecule has 0 amide bonds. The molecular formula is C19H28NO3P. The smallest absolute Gasteiger partial charge is 0.272 e. The van der Waals surface area contributed by atoms with Gasteiger partial charge in [0.1, 0.15) is 0 Å². The van der Waals surface area contributed by atoms with Gasteiger partial charge in [-0.25, -0.2) is 0 Å². The highest BCUT2D eigenvalue weighted by Crippen LogP contribution is 2.46. The zero-order valence-corrected chi connectivity index (χ0v) is 15.4. The van der Waals surface area contributed by atoms with Gasteiger partial charge < -0.3 is 5.11 Å². The molecule has 2 aliphatic rings. The average molecular weight is 349 g/mol. The molecule has 0 aromatic heterocycles. The van der Waals surface area contributed by atoms with Crippen LogP contribution in [0.5, 0.6) is 0 Å². The van der Waals surface area contributed by atoms with Crippen molar-refractivity contribution in [3.63, 3.8) is 0 Å². The quantitative estimate of drug-likeness (QED) is 0.463. The molecule has 0 aliphatic heterocycles. The zero-order chi connectivity index (χ0) is 17.2. The van der Waals surface area contributed by atoms with Gasteiger partial charge in [0.05, 0.1) is 10.8 Å². The van der Waals surface area contributed by atoms with E-state index in [1.807, 2.05) is 12.1 Å². The van der Waals surface area contributed by atoms with Crippen molar-refractivity contribution >= 4 is 14.9 Å². The third-order valence-electron chi connectivity index (χ3n) is 6.11. The van der Waals surface area contributed by atoms with E-state index < -0.39 is 5.85 Å². The second-order valence-electron chi connectivity index (χ2n) is 7.77. The first-order valence-electron chi connectivity index (χ1n) is 9.20. The molecule has 1 aromatic carbocycles. The third-order valence-corrected chi connectivity index (χ3v) is 6.82. The van der Waals surface area contributed by atoms with Crippen molar-refractivity contribution in [2.75, 3.05) is 0 Å². The third kappa shape index (κ3) is 3.81. The lowest BCUT2D eigenvalue weighted by atomic mass is 9.80. The lowest BCUT2D eigenvalue weighted by molar-refractivity contribution is -0.385. The van der Waals surface area contributed by atoms with Gasteiger partial charge in [0.15, 0.2) is 0 Å². The normalized spacial score (nSPS) is 21.9. The van der Waals surface area contributed by atoms with Crippen molar-refractivity contribution in [2.24, 2.45) is 11.3 Å². The van der Waals surface area contributed by atoms with E-state index in [0.717, 1.165) is 49.7 Å². The fourth-order valence-corrected chi connectivity index (χ4v) is 5.10. The van der Waals surface area contributed by atoms with E-state index in [9.17, 15) is 15.2 Å². The minimum Gasteiger partial charge on any atom is -0.389 e. The summed E-state index contributed by atoms with van der Waals surface area (Å²) in [6.45, 7) is 0. The molecule has 0 bridgehead atoms. The first-order valence-corrected chi connectivity index (χ1v) is 9.87. The van der Waals surface area contributed by atoms with Crippen molar-refractivity contribution in [1.82, 2.24) is 0 Å². The first-order chi connectivity index (χ1) is 11.5. The van der Waals surface area contributed by atoms with E-state index >= 15 is 0 Å². The molecule has 3 rings (SSSR count). The monoisotopic (exact) mass is 349 g/mol. The van der Waals surface area contributed by atoms with Gasteiger partial charge in [-0.2, -0.15) is 0 Å². The van der Waals surface area contributed by atoms with Crippen LogP contribution in [0.15, 0.2) is 18.2 Å². The molecule has 1 aromatic rings. The maximum atomic E-state index is 11.6. The Kier molecular flexibility index (Phi) is 5.56. The molecule has 24 heavy (non-hydrogen) atoms. The van der Waals surface area contributed by atoms with Crippen LogP contribution in [-0.2, 0) is 12.8 Å². The van der Waals surface area contributed by atoms with Gasteiger partial charge in [0.25, 0.3) is 5.69 Å². The minimum atomic E-state index is -0.447. The summed E-state index contributed by atoms with van der Waals surface area (Å²) in [6, 6.07) is 5.77. The number of nitrogens with zero attached hydrogens (tertiary/aromatic N) is 1. The van der Waals surface area contributed by atoms with Crippen LogP contribution in [0.1, 0.15) is 62.5 Å². The lowest BCUT2D eigenvalue weighted by Crippen LogP contribution is -2.30. The summed E-state index contributed by atoms with van der Waals surface area (Å²) in [6.07, 6.45) is 10.7. The Morgan fingerprint density at radius 2 is 1.92 bits per heavy atom. The van der Waals surface area contributed by atoms with Crippen LogP contribution in [0.2, 0.25) is 0 Å². The van der Waals surface area contributed by atoms with Crippen LogP contribution in [0.3, 0.4) is 0 Å². The lowest BCUT2D eigenvalue weighted by Gasteiger charge is -2.32. The van der Waals surface area contributed by atoms with Gasteiger partial charge in [0.2, 0.25) is 0 Å². The Hall–Kier alpha value is -0.990. The molecule has 2 saturated carbocycles. The maximum Gasteiger partial charge on any atom is 0.272 e. The first kappa shape index (κ1) is 17.8. The topological polar surface area (TPSA) is 63.4 Å². The van der Waals surface area contributed by atoms with Crippen LogP contribution in [0.25, 0.3) is 0 Å². The van der Waals surface area contributed by atoms with Crippen molar-refractivity contribution in [3.8, 4) is 0 Å².